The summed E-state index contributed by atoms with van der Waals surface area (Å²) < 4.78 is 4.98. The van der Waals surface area contributed by atoms with Gasteiger partial charge in [0.1, 0.15) is 0 Å². The second kappa shape index (κ2) is 4.96. The number of carbonyl (C=O) groups excluding carboxylic acids is 1. The first-order valence-corrected chi connectivity index (χ1v) is 5.04. The Labute approximate surface area is 91.3 Å². The van der Waals surface area contributed by atoms with E-state index < -0.39 is 0 Å². The third-order valence-electron chi connectivity index (χ3n) is 2.61. The molecule has 0 bridgehead atoms. The van der Waals surface area contributed by atoms with Gasteiger partial charge in [-0.25, -0.2) is 0 Å². The molecule has 1 aromatic carbocycles. The summed E-state index contributed by atoms with van der Waals surface area (Å²) in [5, 5.41) is 0. The maximum Gasteiger partial charge on any atom is 0.309 e. The van der Waals surface area contributed by atoms with Crippen LogP contribution in [0.3, 0.4) is 0 Å². The van der Waals surface area contributed by atoms with Gasteiger partial charge in [-0.1, -0.05) is 37.8 Å². The van der Waals surface area contributed by atoms with Crippen LogP contribution in [0.2, 0.25) is 0 Å². The molecule has 15 heavy (non-hydrogen) atoms. The summed E-state index contributed by atoms with van der Waals surface area (Å²) in [7, 11) is 0. The minimum Gasteiger partial charge on any atom is -0.466 e. The number of hydrogen-bond donors (Lipinski definition) is 0. The second-order valence-electron chi connectivity index (χ2n) is 3.61. The van der Waals surface area contributed by atoms with Crippen LogP contribution in [0.15, 0.2) is 30.3 Å². The predicted molar refractivity (Wildman–Crippen MR) is 60.7 cm³/mol. The molecule has 82 valence electrons. The van der Waals surface area contributed by atoms with Gasteiger partial charge >= 0.3 is 5.97 Å². The molecule has 0 aliphatic heterocycles. The van der Waals surface area contributed by atoms with Crippen molar-refractivity contribution < 1.29 is 9.53 Å². The van der Waals surface area contributed by atoms with Crippen molar-refractivity contribution in [1.82, 2.24) is 0 Å². The highest BCUT2D eigenvalue weighted by molar-refractivity contribution is 5.77. The Morgan fingerprint density at radius 3 is 2.67 bits per heavy atom. The molecule has 2 nitrogen and oxygen atoms in total. The van der Waals surface area contributed by atoms with Gasteiger partial charge in [0.05, 0.1) is 12.5 Å². The van der Waals surface area contributed by atoms with Crippen LogP contribution in [-0.2, 0) is 9.53 Å². The first-order valence-electron chi connectivity index (χ1n) is 5.04. The first-order chi connectivity index (χ1) is 6.83. The summed E-state index contributed by atoms with van der Waals surface area (Å²) in [5.41, 5.74) is 1.26. The van der Waals surface area contributed by atoms with Crippen molar-refractivity contribution in [2.75, 3.05) is 6.61 Å². The van der Waals surface area contributed by atoms with E-state index in [4.69, 9.17) is 4.74 Å². The highest BCUT2D eigenvalue weighted by Gasteiger charge is 2.44. The summed E-state index contributed by atoms with van der Waals surface area (Å²) in [6, 6.07) is 10.2. The summed E-state index contributed by atoms with van der Waals surface area (Å²) in [5.74, 6) is 0.467. The van der Waals surface area contributed by atoms with Crippen molar-refractivity contribution >= 4 is 5.97 Å². The van der Waals surface area contributed by atoms with E-state index in [0.717, 1.165) is 6.42 Å². The molecule has 0 spiro atoms. The molecular weight excluding hydrogens is 188 g/mol. The molecule has 1 aromatic rings. The fourth-order valence-electron chi connectivity index (χ4n) is 1.77. The number of hydrogen-bond acceptors (Lipinski definition) is 2. The topological polar surface area (TPSA) is 26.3 Å². The Morgan fingerprint density at radius 2 is 2.07 bits per heavy atom. The predicted octanol–water partition coefficient (Wildman–Crippen LogP) is 2.99. The van der Waals surface area contributed by atoms with Crippen LogP contribution in [0.1, 0.15) is 32.3 Å². The third kappa shape index (κ3) is 2.58. The van der Waals surface area contributed by atoms with E-state index >= 15 is 0 Å². The van der Waals surface area contributed by atoms with Crippen molar-refractivity contribution in [3.63, 3.8) is 0 Å². The van der Waals surface area contributed by atoms with E-state index in [0.29, 0.717) is 12.5 Å². The zero-order valence-corrected chi connectivity index (χ0v) is 8.27. The summed E-state index contributed by atoms with van der Waals surface area (Å²) in [4.78, 5) is 11.4. The number of rotatable bonds is 3. The number of esters is 1. The summed E-state index contributed by atoms with van der Waals surface area (Å²) in [6.07, 6.45) is 0.947. The van der Waals surface area contributed by atoms with Gasteiger partial charge in [-0.05, 0) is 24.8 Å². The van der Waals surface area contributed by atoms with E-state index in [2.05, 4.69) is 12.1 Å². The number of ether oxygens (including phenoxy) is 1. The fraction of sp³-hybridized carbons (Fsp3) is 0.462. The van der Waals surface area contributed by atoms with Gasteiger partial charge in [0.25, 0.3) is 0 Å². The van der Waals surface area contributed by atoms with Crippen LogP contribution in [0.5, 0.6) is 0 Å². The molecule has 0 unspecified atom stereocenters. The van der Waals surface area contributed by atoms with Gasteiger partial charge in [0.2, 0.25) is 0 Å². The quantitative estimate of drug-likeness (QED) is 0.711. The van der Waals surface area contributed by atoms with Crippen molar-refractivity contribution in [1.29, 1.82) is 0 Å². The minimum atomic E-state index is -0.0404. The van der Waals surface area contributed by atoms with Crippen molar-refractivity contribution in [2.24, 2.45) is 5.92 Å². The average molecular weight is 206 g/mol. The normalized spacial score (nSPS) is 22.7. The van der Waals surface area contributed by atoms with Crippen LogP contribution in [0, 0.1) is 5.92 Å². The minimum absolute atomic E-state index is 0. The molecule has 1 aliphatic rings. The van der Waals surface area contributed by atoms with Gasteiger partial charge in [0.15, 0.2) is 0 Å². The Kier molecular flexibility index (Phi) is 3.89. The molecule has 2 atom stereocenters. The molecule has 0 heterocycles. The van der Waals surface area contributed by atoms with E-state index in [1.54, 1.807) is 0 Å². The molecule has 1 saturated carbocycles. The van der Waals surface area contributed by atoms with Crippen molar-refractivity contribution in [2.45, 2.75) is 26.7 Å². The zero-order valence-electron chi connectivity index (χ0n) is 8.27. The lowest BCUT2D eigenvalue weighted by atomic mass is 10.1. The van der Waals surface area contributed by atoms with Crippen molar-refractivity contribution in [3.05, 3.63) is 35.9 Å². The Balaban J connectivity index is 0.00000112. The van der Waals surface area contributed by atoms with Crippen LogP contribution in [0.25, 0.3) is 0 Å². The van der Waals surface area contributed by atoms with Gasteiger partial charge in [0, 0.05) is 0 Å². The van der Waals surface area contributed by atoms with Crippen LogP contribution in [0.4, 0.5) is 0 Å². The molecule has 2 heteroatoms. The van der Waals surface area contributed by atoms with Crippen LogP contribution >= 0.6 is 0 Å². The van der Waals surface area contributed by atoms with Gasteiger partial charge in [-0.3, -0.25) is 4.79 Å². The molecule has 0 amide bonds. The lowest BCUT2D eigenvalue weighted by Crippen LogP contribution is -2.07. The maximum atomic E-state index is 11.4. The standard InChI is InChI=1S/C12H14O2.CH4/c1-2-14-12(13)11-8-10(11)9-6-4-3-5-7-9;/h3-7,10-11H,2,8H2,1H3;1H4/t10-,11-;/m1./s1. The average Bonchev–Trinajstić information content (AvgIpc) is 2.99. The molecule has 1 fully saturated rings. The SMILES string of the molecule is C.CCOC(=O)[C@@H]1C[C@@H]1c1ccccc1. The third-order valence-corrected chi connectivity index (χ3v) is 2.61. The Hall–Kier alpha value is -1.31. The largest absolute Gasteiger partial charge is 0.466 e. The second-order valence-corrected chi connectivity index (χ2v) is 3.61. The van der Waals surface area contributed by atoms with E-state index in [9.17, 15) is 4.79 Å². The van der Waals surface area contributed by atoms with Crippen molar-refractivity contribution in [3.8, 4) is 0 Å². The molecular formula is C13H18O2. The van der Waals surface area contributed by atoms with E-state index in [-0.39, 0.29) is 19.3 Å². The van der Waals surface area contributed by atoms with Crippen LogP contribution in [-0.4, -0.2) is 12.6 Å². The summed E-state index contributed by atoms with van der Waals surface area (Å²) >= 11 is 0. The van der Waals surface area contributed by atoms with E-state index in [1.165, 1.54) is 5.56 Å². The fourth-order valence-corrected chi connectivity index (χ4v) is 1.77. The highest BCUT2D eigenvalue weighted by atomic mass is 16.5. The number of carbonyl (C=O) groups is 1. The van der Waals surface area contributed by atoms with E-state index in [1.807, 2.05) is 25.1 Å². The highest BCUT2D eigenvalue weighted by Crippen LogP contribution is 2.47. The zero-order chi connectivity index (χ0) is 9.97. The smallest absolute Gasteiger partial charge is 0.309 e. The molecule has 0 N–H and O–H groups in total. The van der Waals surface area contributed by atoms with Gasteiger partial charge in [-0.15, -0.1) is 0 Å². The van der Waals surface area contributed by atoms with Crippen LogP contribution < -0.4 is 0 Å². The Bertz CT molecular complexity index is 319. The maximum absolute atomic E-state index is 11.4. The molecule has 0 aromatic heterocycles. The molecule has 0 radical (unpaired) electrons. The molecule has 0 saturated heterocycles. The first kappa shape index (κ1) is 11.8. The lowest BCUT2D eigenvalue weighted by Gasteiger charge is -2.00. The summed E-state index contributed by atoms with van der Waals surface area (Å²) in [6.45, 7) is 2.33. The van der Waals surface area contributed by atoms with Gasteiger partial charge in [-0.2, -0.15) is 0 Å². The monoisotopic (exact) mass is 206 g/mol. The number of benzene rings is 1. The lowest BCUT2D eigenvalue weighted by molar-refractivity contribution is -0.144. The van der Waals surface area contributed by atoms with Gasteiger partial charge < -0.3 is 4.74 Å². The Morgan fingerprint density at radius 1 is 1.40 bits per heavy atom. The molecule has 2 rings (SSSR count). The molecule has 1 aliphatic carbocycles.